The number of carbonyl (C=O) groups is 1. The summed E-state index contributed by atoms with van der Waals surface area (Å²) in [7, 11) is 2.26. The van der Waals surface area contributed by atoms with Crippen LogP contribution in [0.2, 0.25) is 0 Å². The molecule has 3 fully saturated rings. The molecule has 1 N–H and O–H groups in total. The van der Waals surface area contributed by atoms with Gasteiger partial charge in [0.05, 0.1) is 6.10 Å². The van der Waals surface area contributed by atoms with Gasteiger partial charge in [0.15, 0.2) is 0 Å². The van der Waals surface area contributed by atoms with E-state index in [-0.39, 0.29) is 12.0 Å². The zero-order chi connectivity index (χ0) is 14.1. The quantitative estimate of drug-likeness (QED) is 0.833. The van der Waals surface area contributed by atoms with Crippen LogP contribution in [0.4, 0.5) is 0 Å². The Morgan fingerprint density at radius 2 is 1.75 bits per heavy atom. The number of rotatable bonds is 2. The average Bonchev–Trinajstić information content (AvgIpc) is 2.44. The number of amides is 1. The van der Waals surface area contributed by atoms with Crippen LogP contribution in [0.15, 0.2) is 0 Å². The van der Waals surface area contributed by atoms with Crippen LogP contribution >= 0.6 is 0 Å². The average molecular weight is 280 g/mol. The number of carbonyl (C=O) groups excluding carboxylic acids is 1. The highest BCUT2D eigenvalue weighted by molar-refractivity contribution is 5.79. The SMILES string of the molecule is CN1CCCCC1C1CCN(C(=O)C2CC(O)C2)CC1. The van der Waals surface area contributed by atoms with Crippen molar-refractivity contribution in [1.29, 1.82) is 0 Å². The third-order valence-corrected chi connectivity index (χ3v) is 5.68. The Kier molecular flexibility index (Phi) is 4.32. The van der Waals surface area contributed by atoms with Gasteiger partial charge in [-0.15, -0.1) is 0 Å². The lowest BCUT2D eigenvalue weighted by Gasteiger charge is -2.43. The summed E-state index contributed by atoms with van der Waals surface area (Å²) >= 11 is 0. The van der Waals surface area contributed by atoms with Crippen LogP contribution < -0.4 is 0 Å². The van der Waals surface area contributed by atoms with Crippen molar-refractivity contribution in [1.82, 2.24) is 9.80 Å². The van der Waals surface area contributed by atoms with Gasteiger partial charge in [0.2, 0.25) is 5.91 Å². The van der Waals surface area contributed by atoms with Crippen molar-refractivity contribution in [2.75, 3.05) is 26.7 Å². The van der Waals surface area contributed by atoms with E-state index < -0.39 is 0 Å². The predicted molar refractivity (Wildman–Crippen MR) is 78.3 cm³/mol. The van der Waals surface area contributed by atoms with E-state index in [2.05, 4.69) is 16.8 Å². The molecule has 1 amide bonds. The van der Waals surface area contributed by atoms with Gasteiger partial charge in [0.1, 0.15) is 0 Å². The van der Waals surface area contributed by atoms with Gasteiger partial charge in [-0.1, -0.05) is 6.42 Å². The molecule has 4 nitrogen and oxygen atoms in total. The van der Waals surface area contributed by atoms with Crippen LogP contribution in [-0.2, 0) is 4.79 Å². The smallest absolute Gasteiger partial charge is 0.225 e. The summed E-state index contributed by atoms with van der Waals surface area (Å²) < 4.78 is 0. The van der Waals surface area contributed by atoms with Gasteiger partial charge in [0, 0.05) is 25.0 Å². The van der Waals surface area contributed by atoms with Gasteiger partial charge in [-0.05, 0) is 58.0 Å². The Balaban J connectivity index is 1.48. The minimum atomic E-state index is -0.225. The molecule has 3 rings (SSSR count). The second kappa shape index (κ2) is 6.02. The first-order chi connectivity index (χ1) is 9.65. The lowest BCUT2D eigenvalue weighted by Crippen LogP contribution is -2.50. The number of likely N-dealkylation sites (tertiary alicyclic amines) is 2. The Morgan fingerprint density at radius 3 is 2.35 bits per heavy atom. The van der Waals surface area contributed by atoms with Crippen LogP contribution in [0.3, 0.4) is 0 Å². The molecule has 1 unspecified atom stereocenters. The number of hydrogen-bond acceptors (Lipinski definition) is 3. The fraction of sp³-hybridized carbons (Fsp3) is 0.938. The Hall–Kier alpha value is -0.610. The van der Waals surface area contributed by atoms with E-state index in [0.717, 1.165) is 37.9 Å². The second-order valence-corrected chi connectivity index (χ2v) is 7.03. The van der Waals surface area contributed by atoms with Crippen molar-refractivity contribution < 1.29 is 9.90 Å². The monoisotopic (exact) mass is 280 g/mol. The van der Waals surface area contributed by atoms with Crippen LogP contribution in [0, 0.1) is 11.8 Å². The summed E-state index contributed by atoms with van der Waals surface area (Å²) in [5.41, 5.74) is 0. The molecule has 0 bridgehead atoms. The number of nitrogens with zero attached hydrogens (tertiary/aromatic N) is 2. The fourth-order valence-corrected chi connectivity index (χ4v) is 4.25. The summed E-state index contributed by atoms with van der Waals surface area (Å²) in [6, 6.07) is 0.742. The fourth-order valence-electron chi connectivity index (χ4n) is 4.25. The van der Waals surface area contributed by atoms with E-state index in [1.807, 2.05) is 0 Å². The molecule has 2 heterocycles. The molecule has 1 saturated carbocycles. The van der Waals surface area contributed by atoms with Gasteiger partial charge in [-0.3, -0.25) is 4.79 Å². The first-order valence-corrected chi connectivity index (χ1v) is 8.32. The zero-order valence-electron chi connectivity index (χ0n) is 12.6. The van der Waals surface area contributed by atoms with Crippen molar-refractivity contribution in [2.45, 2.75) is 57.1 Å². The molecule has 1 aliphatic carbocycles. The number of aliphatic hydroxyl groups is 1. The first-order valence-electron chi connectivity index (χ1n) is 8.32. The highest BCUT2D eigenvalue weighted by Crippen LogP contribution is 2.33. The highest BCUT2D eigenvalue weighted by Gasteiger charge is 2.38. The molecule has 114 valence electrons. The van der Waals surface area contributed by atoms with Gasteiger partial charge < -0.3 is 14.9 Å². The van der Waals surface area contributed by atoms with E-state index in [9.17, 15) is 9.90 Å². The van der Waals surface area contributed by atoms with Crippen molar-refractivity contribution >= 4 is 5.91 Å². The highest BCUT2D eigenvalue weighted by atomic mass is 16.3. The van der Waals surface area contributed by atoms with Gasteiger partial charge >= 0.3 is 0 Å². The van der Waals surface area contributed by atoms with E-state index in [0.29, 0.717) is 18.7 Å². The Morgan fingerprint density at radius 1 is 1.05 bits per heavy atom. The standard InChI is InChI=1S/C16H28N2O2/c1-17-7-3-2-4-15(17)12-5-8-18(9-6-12)16(20)13-10-14(19)11-13/h12-15,19H,2-11H2,1H3. The largest absolute Gasteiger partial charge is 0.393 e. The van der Waals surface area contributed by atoms with Crippen LogP contribution in [0.25, 0.3) is 0 Å². The maximum absolute atomic E-state index is 12.3. The summed E-state index contributed by atoms with van der Waals surface area (Å²) in [6.07, 6.45) is 7.52. The second-order valence-electron chi connectivity index (χ2n) is 7.03. The molecule has 0 aromatic heterocycles. The Bertz CT molecular complexity index is 346. The maximum Gasteiger partial charge on any atom is 0.225 e. The molecule has 0 spiro atoms. The van der Waals surface area contributed by atoms with E-state index in [1.54, 1.807) is 0 Å². The van der Waals surface area contributed by atoms with Crippen molar-refractivity contribution in [3.8, 4) is 0 Å². The summed E-state index contributed by atoms with van der Waals surface area (Å²) in [4.78, 5) is 16.9. The maximum atomic E-state index is 12.3. The summed E-state index contributed by atoms with van der Waals surface area (Å²) in [6.45, 7) is 3.10. The van der Waals surface area contributed by atoms with Gasteiger partial charge in [-0.25, -0.2) is 0 Å². The first kappa shape index (κ1) is 14.3. The third kappa shape index (κ3) is 2.86. The lowest BCUT2D eigenvalue weighted by atomic mass is 9.80. The molecule has 0 aromatic carbocycles. The number of piperidine rings is 2. The molecule has 20 heavy (non-hydrogen) atoms. The number of hydrogen-bond donors (Lipinski definition) is 1. The van der Waals surface area contributed by atoms with Gasteiger partial charge in [0.25, 0.3) is 0 Å². The van der Waals surface area contributed by atoms with E-state index in [4.69, 9.17) is 0 Å². The molecule has 0 aromatic rings. The molecule has 3 aliphatic rings. The van der Waals surface area contributed by atoms with Crippen LogP contribution in [0.1, 0.15) is 44.9 Å². The molecular weight excluding hydrogens is 252 g/mol. The summed E-state index contributed by atoms with van der Waals surface area (Å²) in [5.74, 6) is 1.18. The minimum absolute atomic E-state index is 0.110. The van der Waals surface area contributed by atoms with Gasteiger partial charge in [-0.2, -0.15) is 0 Å². The molecule has 4 heteroatoms. The lowest BCUT2D eigenvalue weighted by molar-refractivity contribution is -0.144. The molecule has 2 saturated heterocycles. The van der Waals surface area contributed by atoms with Crippen molar-refractivity contribution in [3.05, 3.63) is 0 Å². The molecule has 0 radical (unpaired) electrons. The summed E-state index contributed by atoms with van der Waals surface area (Å²) in [5, 5.41) is 9.33. The molecule has 2 aliphatic heterocycles. The van der Waals surface area contributed by atoms with Crippen molar-refractivity contribution in [3.63, 3.8) is 0 Å². The normalized spacial score (nSPS) is 36.7. The zero-order valence-corrected chi connectivity index (χ0v) is 12.6. The van der Waals surface area contributed by atoms with Crippen molar-refractivity contribution in [2.24, 2.45) is 11.8 Å². The minimum Gasteiger partial charge on any atom is -0.393 e. The van der Waals surface area contributed by atoms with E-state index >= 15 is 0 Å². The number of aliphatic hydroxyl groups excluding tert-OH is 1. The predicted octanol–water partition coefficient (Wildman–Crippen LogP) is 1.48. The molecular formula is C16H28N2O2. The van der Waals surface area contributed by atoms with Crippen LogP contribution in [0.5, 0.6) is 0 Å². The van der Waals surface area contributed by atoms with Crippen LogP contribution in [-0.4, -0.2) is 59.6 Å². The topological polar surface area (TPSA) is 43.8 Å². The molecule has 1 atom stereocenters. The van der Waals surface area contributed by atoms with E-state index in [1.165, 1.54) is 25.8 Å². The third-order valence-electron chi connectivity index (χ3n) is 5.68. The Labute approximate surface area is 122 Å².